The van der Waals surface area contributed by atoms with E-state index in [9.17, 15) is 5.11 Å². The molecular formula is C22H29N3O3Si. The van der Waals surface area contributed by atoms with Crippen LogP contribution in [0.1, 0.15) is 27.2 Å². The van der Waals surface area contributed by atoms with Crippen molar-refractivity contribution in [2.75, 3.05) is 13.2 Å². The van der Waals surface area contributed by atoms with Crippen LogP contribution in [0.4, 0.5) is 0 Å². The quantitative estimate of drug-likeness (QED) is 0.342. The fourth-order valence-electron chi connectivity index (χ4n) is 4.11. The number of hydrogen-bond donors (Lipinski definition) is 1. The average Bonchev–Trinajstić information content (AvgIpc) is 2.71. The van der Waals surface area contributed by atoms with Crippen molar-refractivity contribution in [2.45, 2.75) is 50.5 Å². The van der Waals surface area contributed by atoms with E-state index in [1.165, 1.54) is 10.4 Å². The highest BCUT2D eigenvalue weighted by atomic mass is 28.4. The monoisotopic (exact) mass is 411 g/mol. The molecule has 0 spiro atoms. The summed E-state index contributed by atoms with van der Waals surface area (Å²) in [6, 6.07) is 20.3. The number of azide groups is 1. The summed E-state index contributed by atoms with van der Waals surface area (Å²) < 4.78 is 12.7. The molecule has 2 unspecified atom stereocenters. The normalized spacial score (nSPS) is 22.7. The van der Waals surface area contributed by atoms with Gasteiger partial charge in [0.2, 0.25) is 0 Å². The van der Waals surface area contributed by atoms with E-state index in [0.717, 1.165) is 0 Å². The van der Waals surface area contributed by atoms with Crippen LogP contribution in [-0.4, -0.2) is 44.9 Å². The Kier molecular flexibility index (Phi) is 6.77. The zero-order chi connectivity index (χ0) is 20.9. The van der Waals surface area contributed by atoms with Gasteiger partial charge in [-0.25, -0.2) is 0 Å². The summed E-state index contributed by atoms with van der Waals surface area (Å²) >= 11 is 0. The molecule has 1 N–H and O–H groups in total. The molecule has 1 aliphatic rings. The first-order chi connectivity index (χ1) is 13.9. The maximum Gasteiger partial charge on any atom is 0.261 e. The number of benzene rings is 2. The van der Waals surface area contributed by atoms with Crippen LogP contribution in [0.3, 0.4) is 0 Å². The summed E-state index contributed by atoms with van der Waals surface area (Å²) in [6.07, 6.45) is -0.564. The van der Waals surface area contributed by atoms with Gasteiger partial charge in [0.05, 0.1) is 31.5 Å². The summed E-state index contributed by atoms with van der Waals surface area (Å²) in [5.41, 5.74) is 8.63. The van der Waals surface area contributed by atoms with Gasteiger partial charge < -0.3 is 14.3 Å². The maximum atomic E-state index is 10.3. The number of ether oxygens (including phenoxy) is 1. The van der Waals surface area contributed by atoms with E-state index in [1.807, 2.05) is 12.1 Å². The molecule has 1 aliphatic heterocycles. The molecule has 1 heterocycles. The van der Waals surface area contributed by atoms with Crippen molar-refractivity contribution in [3.63, 3.8) is 0 Å². The minimum atomic E-state index is -2.63. The van der Waals surface area contributed by atoms with Crippen molar-refractivity contribution in [2.24, 2.45) is 5.11 Å². The Morgan fingerprint density at radius 1 is 1.10 bits per heavy atom. The molecule has 7 heteroatoms. The smallest absolute Gasteiger partial charge is 0.261 e. The van der Waals surface area contributed by atoms with Crippen LogP contribution < -0.4 is 10.4 Å². The van der Waals surface area contributed by atoms with Gasteiger partial charge in [0, 0.05) is 11.3 Å². The van der Waals surface area contributed by atoms with E-state index in [1.54, 1.807) is 0 Å². The molecule has 0 saturated carbocycles. The second-order valence-corrected chi connectivity index (χ2v) is 12.8. The van der Waals surface area contributed by atoms with Gasteiger partial charge in [0.1, 0.15) is 0 Å². The molecule has 0 radical (unpaired) electrons. The highest BCUT2D eigenvalue weighted by Crippen LogP contribution is 2.37. The Morgan fingerprint density at radius 2 is 1.66 bits per heavy atom. The van der Waals surface area contributed by atoms with Gasteiger partial charge >= 0.3 is 0 Å². The van der Waals surface area contributed by atoms with Crippen LogP contribution in [0.2, 0.25) is 5.04 Å². The minimum Gasteiger partial charge on any atom is -0.405 e. The Hall–Kier alpha value is -2.15. The molecule has 1 saturated heterocycles. The zero-order valence-corrected chi connectivity index (χ0v) is 18.2. The van der Waals surface area contributed by atoms with Crippen molar-refractivity contribution in [1.82, 2.24) is 0 Å². The molecular weight excluding hydrogens is 382 g/mol. The summed E-state index contributed by atoms with van der Waals surface area (Å²) in [4.78, 5) is 2.79. The second kappa shape index (κ2) is 9.11. The van der Waals surface area contributed by atoms with Crippen LogP contribution >= 0.6 is 0 Å². The predicted molar refractivity (Wildman–Crippen MR) is 117 cm³/mol. The lowest BCUT2D eigenvalue weighted by atomic mass is 10.0. The van der Waals surface area contributed by atoms with Crippen LogP contribution in [0.25, 0.3) is 10.4 Å². The predicted octanol–water partition coefficient (Wildman–Crippen LogP) is 3.39. The minimum absolute atomic E-state index is 0.114. The molecule has 154 valence electrons. The molecule has 3 atom stereocenters. The van der Waals surface area contributed by atoms with Gasteiger partial charge in [-0.3, -0.25) is 0 Å². The maximum absolute atomic E-state index is 10.3. The van der Waals surface area contributed by atoms with Crippen LogP contribution in [-0.2, 0) is 9.16 Å². The second-order valence-electron chi connectivity index (χ2n) is 8.50. The molecule has 0 amide bonds. The van der Waals surface area contributed by atoms with Gasteiger partial charge in [0.25, 0.3) is 8.32 Å². The van der Waals surface area contributed by atoms with Gasteiger partial charge in [0.15, 0.2) is 0 Å². The van der Waals surface area contributed by atoms with E-state index in [4.69, 9.17) is 14.7 Å². The fraction of sp³-hybridized carbons (Fsp3) is 0.455. The van der Waals surface area contributed by atoms with Gasteiger partial charge in [-0.15, -0.1) is 0 Å². The molecule has 2 aromatic carbocycles. The standard InChI is InChI=1S/C22H29N3O3Si/c1-22(2,3)29(18-10-6-4-7-11-18,19-12-8-5-9-13-19)28-15-17-14-21(26)20(16-27-17)24-25-23/h4-13,17,20-21,26H,14-16H2,1-3H3/t17-,20?,21?/m0/s1. The number of aliphatic hydroxyl groups is 1. The topological polar surface area (TPSA) is 87.5 Å². The number of nitrogens with zero attached hydrogens (tertiary/aromatic N) is 3. The molecule has 6 nitrogen and oxygen atoms in total. The van der Waals surface area contributed by atoms with E-state index in [2.05, 4.69) is 79.3 Å². The van der Waals surface area contributed by atoms with Gasteiger partial charge in [-0.1, -0.05) is 86.5 Å². The Bertz CT molecular complexity index is 796. The van der Waals surface area contributed by atoms with Crippen LogP contribution in [0.5, 0.6) is 0 Å². The average molecular weight is 412 g/mol. The van der Waals surface area contributed by atoms with Crippen LogP contribution in [0, 0.1) is 0 Å². The Morgan fingerprint density at radius 3 is 2.10 bits per heavy atom. The molecule has 1 fully saturated rings. The largest absolute Gasteiger partial charge is 0.405 e. The molecule has 0 aromatic heterocycles. The summed E-state index contributed by atoms with van der Waals surface area (Å²) in [5.74, 6) is 0. The molecule has 0 bridgehead atoms. The zero-order valence-electron chi connectivity index (χ0n) is 17.2. The Labute approximate surface area is 173 Å². The SMILES string of the molecule is CC(C)(C)[Si](OC[C@@H]1CC(O)C(N=[N+]=[N-])CO1)(c1ccccc1)c1ccccc1. The Balaban J connectivity index is 1.92. The number of rotatable bonds is 6. The van der Waals surface area contributed by atoms with E-state index in [-0.39, 0.29) is 17.7 Å². The van der Waals surface area contributed by atoms with E-state index < -0.39 is 20.5 Å². The summed E-state index contributed by atoms with van der Waals surface area (Å²) in [5, 5.41) is 16.2. The van der Waals surface area contributed by atoms with Crippen molar-refractivity contribution in [3.8, 4) is 0 Å². The highest BCUT2D eigenvalue weighted by molar-refractivity contribution is 6.99. The van der Waals surface area contributed by atoms with Gasteiger partial charge in [-0.2, -0.15) is 0 Å². The van der Waals surface area contributed by atoms with Crippen molar-refractivity contribution < 1.29 is 14.3 Å². The molecule has 3 rings (SSSR count). The highest BCUT2D eigenvalue weighted by Gasteiger charge is 2.50. The van der Waals surface area contributed by atoms with Crippen molar-refractivity contribution >= 4 is 18.7 Å². The lowest BCUT2D eigenvalue weighted by molar-refractivity contribution is -0.0727. The third-order valence-electron chi connectivity index (χ3n) is 5.55. The first kappa shape index (κ1) is 21.6. The summed E-state index contributed by atoms with van der Waals surface area (Å²) in [6.45, 7) is 7.28. The van der Waals surface area contributed by atoms with E-state index in [0.29, 0.717) is 13.0 Å². The first-order valence-corrected chi connectivity index (χ1v) is 11.9. The van der Waals surface area contributed by atoms with Gasteiger partial charge in [-0.05, 0) is 20.9 Å². The number of hydrogen-bond acceptors (Lipinski definition) is 4. The first-order valence-electron chi connectivity index (χ1n) is 9.97. The third-order valence-corrected chi connectivity index (χ3v) is 10.6. The van der Waals surface area contributed by atoms with Crippen molar-refractivity contribution in [1.29, 1.82) is 0 Å². The fourth-order valence-corrected chi connectivity index (χ4v) is 8.70. The third kappa shape index (κ3) is 4.55. The number of aliphatic hydroxyl groups excluding tert-OH is 1. The molecule has 2 aromatic rings. The lowest BCUT2D eigenvalue weighted by Gasteiger charge is -2.44. The molecule has 0 aliphatic carbocycles. The summed E-state index contributed by atoms with van der Waals surface area (Å²) in [7, 11) is -2.63. The lowest BCUT2D eigenvalue weighted by Crippen LogP contribution is -2.67. The van der Waals surface area contributed by atoms with E-state index >= 15 is 0 Å². The molecule has 29 heavy (non-hydrogen) atoms. The van der Waals surface area contributed by atoms with Crippen molar-refractivity contribution in [3.05, 3.63) is 71.1 Å². The van der Waals surface area contributed by atoms with Crippen LogP contribution in [0.15, 0.2) is 65.8 Å².